The van der Waals surface area contributed by atoms with E-state index in [0.717, 1.165) is 15.9 Å². The van der Waals surface area contributed by atoms with Crippen molar-refractivity contribution in [1.29, 1.82) is 0 Å². The maximum Gasteiger partial charge on any atom is 0.142 e. The number of hydrogen-bond acceptors (Lipinski definition) is 4. The highest BCUT2D eigenvalue weighted by atomic mass is 32.2. The smallest absolute Gasteiger partial charge is 0.142 e. The molecule has 2 aromatic heterocycles. The van der Waals surface area contributed by atoms with E-state index in [1.165, 1.54) is 0 Å². The number of nitrogens with zero attached hydrogens (tertiary/aromatic N) is 2. The molecule has 4 nitrogen and oxygen atoms in total. The first kappa shape index (κ1) is 11.1. The summed E-state index contributed by atoms with van der Waals surface area (Å²) in [6.07, 6.45) is 5.38. The van der Waals surface area contributed by atoms with Gasteiger partial charge in [-0.3, -0.25) is 4.98 Å². The van der Waals surface area contributed by atoms with Crippen molar-refractivity contribution in [2.24, 2.45) is 0 Å². The normalized spacial score (nSPS) is 10.9. The third-order valence-corrected chi connectivity index (χ3v) is 3.47. The number of phenols is 1. The first-order chi connectivity index (χ1) is 8.78. The summed E-state index contributed by atoms with van der Waals surface area (Å²) in [5.41, 5.74) is 2.40. The molecule has 0 aliphatic carbocycles. The Kier molecular flexibility index (Phi) is 2.68. The molecule has 0 fully saturated rings. The van der Waals surface area contributed by atoms with Crippen LogP contribution in [0.3, 0.4) is 0 Å². The largest absolute Gasteiger partial charge is 0.507 e. The van der Waals surface area contributed by atoms with Crippen LogP contribution < -0.4 is 0 Å². The number of nitrogens with one attached hydrogen (secondary N) is 1. The van der Waals surface area contributed by atoms with Crippen LogP contribution in [-0.2, 0) is 0 Å². The number of pyridine rings is 1. The van der Waals surface area contributed by atoms with E-state index >= 15 is 0 Å². The van der Waals surface area contributed by atoms with E-state index in [1.807, 2.05) is 24.5 Å². The number of phenolic OH excluding ortho intramolecular Hbond substituents is 1. The third-order valence-electron chi connectivity index (χ3n) is 2.75. The van der Waals surface area contributed by atoms with Gasteiger partial charge in [0.25, 0.3) is 0 Å². The lowest BCUT2D eigenvalue weighted by atomic mass is 10.2. The molecule has 0 saturated heterocycles. The van der Waals surface area contributed by atoms with Gasteiger partial charge in [0.15, 0.2) is 0 Å². The molecule has 1 aromatic carbocycles. The Morgan fingerprint density at radius 2 is 2.17 bits per heavy atom. The number of H-pyrrole nitrogens is 1. The fraction of sp³-hybridized carbons (Fsp3) is 0.0769. The average molecular weight is 257 g/mol. The van der Waals surface area contributed by atoms with Crippen LogP contribution in [0.2, 0.25) is 0 Å². The molecule has 0 saturated carbocycles. The molecule has 0 bridgehead atoms. The summed E-state index contributed by atoms with van der Waals surface area (Å²) >= 11 is 1.59. The lowest BCUT2D eigenvalue weighted by Gasteiger charge is -2.03. The zero-order chi connectivity index (χ0) is 12.5. The molecule has 0 spiro atoms. The van der Waals surface area contributed by atoms with E-state index < -0.39 is 0 Å². The zero-order valence-electron chi connectivity index (χ0n) is 9.71. The van der Waals surface area contributed by atoms with E-state index in [4.69, 9.17) is 0 Å². The van der Waals surface area contributed by atoms with Crippen molar-refractivity contribution < 1.29 is 5.11 Å². The number of fused-ring (bicyclic) bond motifs is 1. The number of benzene rings is 1. The Hall–Kier alpha value is -2.01. The average Bonchev–Trinajstić information content (AvgIpc) is 2.81. The van der Waals surface area contributed by atoms with Gasteiger partial charge in [-0.1, -0.05) is 0 Å². The van der Waals surface area contributed by atoms with Gasteiger partial charge in [0.2, 0.25) is 0 Å². The van der Waals surface area contributed by atoms with E-state index in [9.17, 15) is 5.11 Å². The van der Waals surface area contributed by atoms with Gasteiger partial charge in [0.05, 0.1) is 17.3 Å². The van der Waals surface area contributed by atoms with Crippen LogP contribution >= 0.6 is 11.8 Å². The van der Waals surface area contributed by atoms with Crippen LogP contribution in [0.25, 0.3) is 22.4 Å². The molecule has 3 aromatic rings. The maximum atomic E-state index is 10.0. The molecular weight excluding hydrogens is 246 g/mol. The Balaban J connectivity index is 2.14. The van der Waals surface area contributed by atoms with Gasteiger partial charge >= 0.3 is 0 Å². The molecular formula is C13H11N3OS. The fourth-order valence-corrected chi connectivity index (χ4v) is 2.26. The number of rotatable bonds is 2. The highest BCUT2D eigenvalue weighted by molar-refractivity contribution is 7.98. The highest BCUT2D eigenvalue weighted by Crippen LogP contribution is 2.31. The van der Waals surface area contributed by atoms with Crippen LogP contribution in [0.1, 0.15) is 0 Å². The molecule has 0 radical (unpaired) electrons. The molecule has 5 heteroatoms. The molecule has 0 unspecified atom stereocenters. The predicted molar refractivity (Wildman–Crippen MR) is 72.8 cm³/mol. The Morgan fingerprint density at radius 3 is 2.89 bits per heavy atom. The molecule has 0 aliphatic heterocycles. The van der Waals surface area contributed by atoms with Gasteiger partial charge < -0.3 is 10.1 Å². The van der Waals surface area contributed by atoms with Gasteiger partial charge in [-0.25, -0.2) is 4.98 Å². The van der Waals surface area contributed by atoms with Crippen molar-refractivity contribution >= 4 is 22.8 Å². The Bertz CT molecular complexity index is 675. The molecule has 2 N–H and O–H groups in total. The van der Waals surface area contributed by atoms with E-state index in [0.29, 0.717) is 11.4 Å². The van der Waals surface area contributed by atoms with Crippen LogP contribution in [0.15, 0.2) is 41.6 Å². The first-order valence-corrected chi connectivity index (χ1v) is 6.67. The van der Waals surface area contributed by atoms with Crippen LogP contribution in [0.4, 0.5) is 0 Å². The SMILES string of the molecule is CSc1ccc(-c2nc3cnccc3[nH]2)c(O)c1. The highest BCUT2D eigenvalue weighted by Gasteiger charge is 2.09. The standard InChI is InChI=1S/C13H11N3OS/c1-18-8-2-3-9(12(17)6-8)13-15-10-4-5-14-7-11(10)16-13/h2-7,17H,1H3,(H,15,16). The lowest BCUT2D eigenvalue weighted by Crippen LogP contribution is -1.82. The summed E-state index contributed by atoms with van der Waals surface area (Å²) in [5, 5.41) is 10.0. The summed E-state index contributed by atoms with van der Waals surface area (Å²) in [7, 11) is 0. The van der Waals surface area contributed by atoms with E-state index in [1.54, 1.807) is 30.2 Å². The minimum absolute atomic E-state index is 0.230. The van der Waals surface area contributed by atoms with Gasteiger partial charge in [-0.15, -0.1) is 11.8 Å². The van der Waals surface area contributed by atoms with Crippen molar-refractivity contribution in [1.82, 2.24) is 15.0 Å². The second-order valence-corrected chi connectivity index (χ2v) is 4.74. The fourth-order valence-electron chi connectivity index (χ4n) is 1.82. The summed E-state index contributed by atoms with van der Waals surface area (Å²) in [6.45, 7) is 0. The molecule has 2 heterocycles. The quantitative estimate of drug-likeness (QED) is 0.693. The number of aromatic hydroxyl groups is 1. The van der Waals surface area contributed by atoms with Gasteiger partial charge in [0.1, 0.15) is 17.1 Å². The van der Waals surface area contributed by atoms with Crippen molar-refractivity contribution in [3.05, 3.63) is 36.7 Å². The Labute approximate surface area is 108 Å². The van der Waals surface area contributed by atoms with Gasteiger partial charge in [-0.05, 0) is 30.5 Å². The maximum absolute atomic E-state index is 10.0. The number of hydrogen-bond donors (Lipinski definition) is 2. The molecule has 90 valence electrons. The summed E-state index contributed by atoms with van der Waals surface area (Å²) in [4.78, 5) is 12.6. The molecule has 0 atom stereocenters. The minimum Gasteiger partial charge on any atom is -0.507 e. The zero-order valence-corrected chi connectivity index (χ0v) is 10.5. The second-order valence-electron chi connectivity index (χ2n) is 3.86. The number of aromatic amines is 1. The molecule has 0 aliphatic rings. The summed E-state index contributed by atoms with van der Waals surface area (Å²) in [6, 6.07) is 7.43. The molecule has 0 amide bonds. The summed E-state index contributed by atoms with van der Waals surface area (Å²) in [5.74, 6) is 0.886. The predicted octanol–water partition coefficient (Wildman–Crippen LogP) is 3.05. The van der Waals surface area contributed by atoms with Crippen LogP contribution in [-0.4, -0.2) is 26.3 Å². The number of imidazole rings is 1. The van der Waals surface area contributed by atoms with E-state index in [2.05, 4.69) is 15.0 Å². The van der Waals surface area contributed by atoms with Gasteiger partial charge in [0, 0.05) is 11.1 Å². The minimum atomic E-state index is 0.230. The topological polar surface area (TPSA) is 61.8 Å². The van der Waals surface area contributed by atoms with Crippen LogP contribution in [0, 0.1) is 0 Å². The Morgan fingerprint density at radius 1 is 1.28 bits per heavy atom. The third kappa shape index (κ3) is 1.82. The van der Waals surface area contributed by atoms with Crippen molar-refractivity contribution in [3.8, 4) is 17.1 Å². The first-order valence-electron chi connectivity index (χ1n) is 5.45. The van der Waals surface area contributed by atoms with Crippen LogP contribution in [0.5, 0.6) is 5.75 Å². The molecule has 3 rings (SSSR count). The number of aromatic nitrogens is 3. The summed E-state index contributed by atoms with van der Waals surface area (Å²) < 4.78 is 0. The lowest BCUT2D eigenvalue weighted by molar-refractivity contribution is 0.475. The second kappa shape index (κ2) is 4.34. The van der Waals surface area contributed by atoms with Crippen molar-refractivity contribution in [2.75, 3.05) is 6.26 Å². The van der Waals surface area contributed by atoms with Crippen molar-refractivity contribution in [2.45, 2.75) is 4.90 Å². The molecule has 18 heavy (non-hydrogen) atoms. The van der Waals surface area contributed by atoms with E-state index in [-0.39, 0.29) is 5.75 Å². The number of thioether (sulfide) groups is 1. The van der Waals surface area contributed by atoms with Gasteiger partial charge in [-0.2, -0.15) is 0 Å². The monoisotopic (exact) mass is 257 g/mol. The van der Waals surface area contributed by atoms with Crippen molar-refractivity contribution in [3.63, 3.8) is 0 Å².